The number of urea groups is 1. The van der Waals surface area contributed by atoms with Gasteiger partial charge in [-0.1, -0.05) is 41.5 Å². The lowest BCUT2D eigenvalue weighted by Gasteiger charge is -2.32. The van der Waals surface area contributed by atoms with E-state index in [0.717, 1.165) is 16.7 Å². The van der Waals surface area contributed by atoms with E-state index in [1.807, 2.05) is 53.7 Å². The van der Waals surface area contributed by atoms with Gasteiger partial charge in [-0.2, -0.15) is 0 Å². The normalized spacial score (nSPS) is 17.5. The number of rotatable bonds is 5. The highest BCUT2D eigenvalue weighted by Gasteiger charge is 2.35. The molecule has 1 aromatic carbocycles. The molecule has 0 unspecified atom stereocenters. The van der Waals surface area contributed by atoms with Crippen LogP contribution in [0.1, 0.15) is 71.2 Å². The van der Waals surface area contributed by atoms with Crippen molar-refractivity contribution < 1.29 is 24.2 Å². The lowest BCUT2D eigenvalue weighted by atomic mass is 9.77. The molecule has 1 aromatic rings. The summed E-state index contributed by atoms with van der Waals surface area (Å²) in [5.41, 5.74) is 2.31. The zero-order valence-electron chi connectivity index (χ0n) is 19.2. The van der Waals surface area contributed by atoms with Gasteiger partial charge in [0.05, 0.1) is 18.2 Å². The maximum Gasteiger partial charge on any atom is 0.338 e. The zero-order chi connectivity index (χ0) is 22.9. The predicted molar refractivity (Wildman–Crippen MR) is 115 cm³/mol. The molecule has 1 atom stereocenters. The molecule has 2 rings (SSSR count). The predicted octanol–water partition coefficient (Wildman–Crippen LogP) is 3.80. The van der Waals surface area contributed by atoms with E-state index in [4.69, 9.17) is 9.47 Å². The smallest absolute Gasteiger partial charge is 0.338 e. The summed E-state index contributed by atoms with van der Waals surface area (Å²) >= 11 is 0. The Morgan fingerprint density at radius 2 is 1.60 bits per heavy atom. The van der Waals surface area contributed by atoms with Crippen molar-refractivity contribution in [3.8, 4) is 5.75 Å². The monoisotopic (exact) mass is 418 g/mol. The molecule has 166 valence electrons. The lowest BCUT2D eigenvalue weighted by Crippen LogP contribution is -2.45. The molecule has 7 nitrogen and oxygen atoms in total. The molecule has 3 N–H and O–H groups in total. The van der Waals surface area contributed by atoms with Crippen LogP contribution in [0, 0.1) is 0 Å². The molecule has 7 heteroatoms. The molecule has 30 heavy (non-hydrogen) atoms. The summed E-state index contributed by atoms with van der Waals surface area (Å²) in [7, 11) is 1.53. The number of benzene rings is 1. The van der Waals surface area contributed by atoms with E-state index in [-0.39, 0.29) is 29.8 Å². The van der Waals surface area contributed by atoms with Gasteiger partial charge in [-0.25, -0.2) is 9.59 Å². The third-order valence-corrected chi connectivity index (χ3v) is 5.09. The number of hydrogen-bond acceptors (Lipinski definition) is 5. The molecule has 0 fully saturated rings. The molecule has 0 aromatic heterocycles. The van der Waals surface area contributed by atoms with E-state index in [1.54, 1.807) is 6.92 Å². The summed E-state index contributed by atoms with van der Waals surface area (Å²) in [6.07, 6.45) is 0. The SMILES string of the molecule is COCCOC(=O)C1=C(C)NC(=O)N[C@H]1c1cc(C(C)(C)C)c(O)c(C(C)(C)C)c1. The van der Waals surface area contributed by atoms with Gasteiger partial charge in [0.2, 0.25) is 0 Å². The largest absolute Gasteiger partial charge is 0.507 e. The van der Waals surface area contributed by atoms with Crippen molar-refractivity contribution in [1.82, 2.24) is 10.6 Å². The van der Waals surface area contributed by atoms with Crippen LogP contribution >= 0.6 is 0 Å². The Morgan fingerprint density at radius 1 is 1.07 bits per heavy atom. The molecule has 0 radical (unpaired) electrons. The lowest BCUT2D eigenvalue weighted by molar-refractivity contribution is -0.140. The Balaban J connectivity index is 2.65. The first-order valence-corrected chi connectivity index (χ1v) is 10.1. The van der Waals surface area contributed by atoms with Crippen molar-refractivity contribution in [1.29, 1.82) is 0 Å². The van der Waals surface area contributed by atoms with Crippen LogP contribution in [0.2, 0.25) is 0 Å². The Hall–Kier alpha value is -2.54. The maximum absolute atomic E-state index is 12.8. The first kappa shape index (κ1) is 23.7. The minimum Gasteiger partial charge on any atom is -0.507 e. The number of aromatic hydroxyl groups is 1. The number of amides is 2. The molecule has 1 aliphatic rings. The Kier molecular flexibility index (Phi) is 6.87. The van der Waals surface area contributed by atoms with Crippen molar-refractivity contribution in [2.75, 3.05) is 20.3 Å². The number of nitrogens with one attached hydrogen (secondary N) is 2. The van der Waals surface area contributed by atoms with Gasteiger partial charge in [0, 0.05) is 12.8 Å². The average Bonchev–Trinajstić information content (AvgIpc) is 2.59. The standard InChI is InChI=1S/C23H34N2O5/c1-13-17(20(27)30-10-9-29-8)18(25-21(28)24-13)14-11-15(22(2,3)4)19(26)16(12-14)23(5,6)7/h11-12,18,26H,9-10H2,1-8H3,(H2,24,25,28)/t18-/m0/s1. The van der Waals surface area contributed by atoms with Crippen molar-refractivity contribution in [2.24, 2.45) is 0 Å². The van der Waals surface area contributed by atoms with Crippen LogP contribution in [0.4, 0.5) is 4.79 Å². The number of carbonyl (C=O) groups excluding carboxylic acids is 2. The van der Waals surface area contributed by atoms with Crippen LogP contribution in [0.3, 0.4) is 0 Å². The highest BCUT2D eigenvalue weighted by Crippen LogP contribution is 2.42. The second kappa shape index (κ2) is 8.68. The van der Waals surface area contributed by atoms with Crippen LogP contribution in [-0.4, -0.2) is 37.4 Å². The van der Waals surface area contributed by atoms with E-state index < -0.39 is 18.0 Å². The number of phenols is 1. The van der Waals surface area contributed by atoms with Crippen molar-refractivity contribution in [3.05, 3.63) is 40.1 Å². The Bertz CT molecular complexity index is 824. The topological polar surface area (TPSA) is 96.9 Å². The Morgan fingerprint density at radius 3 is 2.07 bits per heavy atom. The number of ether oxygens (including phenoxy) is 2. The van der Waals surface area contributed by atoms with Gasteiger partial charge in [-0.3, -0.25) is 0 Å². The highest BCUT2D eigenvalue weighted by atomic mass is 16.6. The highest BCUT2D eigenvalue weighted by molar-refractivity contribution is 5.95. The van der Waals surface area contributed by atoms with Crippen molar-refractivity contribution >= 4 is 12.0 Å². The fourth-order valence-corrected chi connectivity index (χ4v) is 3.48. The number of hydrogen-bond donors (Lipinski definition) is 3. The third-order valence-electron chi connectivity index (χ3n) is 5.09. The number of allylic oxidation sites excluding steroid dienone is 1. The minimum absolute atomic E-state index is 0.114. The number of methoxy groups -OCH3 is 1. The second-order valence-corrected chi connectivity index (χ2v) is 9.66. The summed E-state index contributed by atoms with van der Waals surface area (Å²) in [6, 6.07) is 2.62. The van der Waals surface area contributed by atoms with Crippen LogP contribution in [0.15, 0.2) is 23.4 Å². The summed E-state index contributed by atoms with van der Waals surface area (Å²) in [4.78, 5) is 25.1. The molecule has 0 spiro atoms. The fraction of sp³-hybridized carbons (Fsp3) is 0.565. The van der Waals surface area contributed by atoms with Crippen molar-refractivity contribution in [3.63, 3.8) is 0 Å². The van der Waals surface area contributed by atoms with Gasteiger partial charge in [0.15, 0.2) is 0 Å². The molecular formula is C23H34N2O5. The molecule has 0 aliphatic carbocycles. The van der Waals surface area contributed by atoms with E-state index in [1.165, 1.54) is 7.11 Å². The summed E-state index contributed by atoms with van der Waals surface area (Å²) in [6.45, 7) is 14.2. The molecule has 1 aliphatic heterocycles. The van der Waals surface area contributed by atoms with Gasteiger partial charge in [-0.15, -0.1) is 0 Å². The zero-order valence-corrected chi connectivity index (χ0v) is 19.2. The van der Waals surface area contributed by atoms with E-state index in [2.05, 4.69) is 10.6 Å². The molecule has 1 heterocycles. The van der Waals surface area contributed by atoms with Gasteiger partial charge < -0.3 is 25.2 Å². The number of esters is 1. The van der Waals surface area contributed by atoms with Crippen LogP contribution < -0.4 is 10.6 Å². The quantitative estimate of drug-likeness (QED) is 0.499. The van der Waals surface area contributed by atoms with Gasteiger partial charge in [0.1, 0.15) is 12.4 Å². The molecule has 0 saturated heterocycles. The molecule has 0 bridgehead atoms. The average molecular weight is 419 g/mol. The third kappa shape index (κ3) is 5.14. The van der Waals surface area contributed by atoms with Gasteiger partial charge in [-0.05, 0) is 46.6 Å². The van der Waals surface area contributed by atoms with Crippen LogP contribution in [0.5, 0.6) is 5.75 Å². The Labute approximate surface area is 178 Å². The number of phenolic OH excluding ortho intramolecular Hbond substituents is 1. The first-order valence-electron chi connectivity index (χ1n) is 10.1. The summed E-state index contributed by atoms with van der Waals surface area (Å²) in [5.74, 6) is -0.284. The van der Waals surface area contributed by atoms with Gasteiger partial charge in [0.25, 0.3) is 0 Å². The molecule has 2 amide bonds. The van der Waals surface area contributed by atoms with Gasteiger partial charge >= 0.3 is 12.0 Å². The molecular weight excluding hydrogens is 384 g/mol. The van der Waals surface area contributed by atoms with Crippen molar-refractivity contribution in [2.45, 2.75) is 65.3 Å². The van der Waals surface area contributed by atoms with E-state index >= 15 is 0 Å². The summed E-state index contributed by atoms with van der Waals surface area (Å²) < 4.78 is 10.3. The van der Waals surface area contributed by atoms with E-state index in [9.17, 15) is 14.7 Å². The molecule has 0 saturated carbocycles. The van der Waals surface area contributed by atoms with E-state index in [0.29, 0.717) is 11.3 Å². The summed E-state index contributed by atoms with van der Waals surface area (Å²) in [5, 5.41) is 16.5. The van der Waals surface area contributed by atoms with Crippen LogP contribution in [0.25, 0.3) is 0 Å². The fourth-order valence-electron chi connectivity index (χ4n) is 3.48. The first-order chi connectivity index (χ1) is 13.8. The second-order valence-electron chi connectivity index (χ2n) is 9.66. The minimum atomic E-state index is -0.698. The van der Waals surface area contributed by atoms with Crippen LogP contribution in [-0.2, 0) is 25.1 Å². The number of carbonyl (C=O) groups is 2. The maximum atomic E-state index is 12.8.